The molecule has 0 atom stereocenters. The van der Waals surface area contributed by atoms with Crippen LogP contribution in [0.25, 0.3) is 0 Å². The van der Waals surface area contributed by atoms with Gasteiger partial charge in [-0.2, -0.15) is 0 Å². The van der Waals surface area contributed by atoms with Crippen LogP contribution in [0.4, 0.5) is 0 Å². The van der Waals surface area contributed by atoms with E-state index in [9.17, 15) is 4.21 Å². The van der Waals surface area contributed by atoms with E-state index in [-0.39, 0.29) is 0 Å². The Morgan fingerprint density at radius 3 is 1.80 bits per heavy atom. The van der Waals surface area contributed by atoms with Crippen molar-refractivity contribution in [3.63, 3.8) is 0 Å². The maximum atomic E-state index is 11.6. The molecule has 0 aliphatic carbocycles. The second kappa shape index (κ2) is 4.10. The minimum absolute atomic E-state index is 0.826. The predicted molar refractivity (Wildman–Crippen MR) is 75.1 cm³/mol. The topological polar surface area (TPSA) is 17.1 Å². The highest BCUT2D eigenvalue weighted by molar-refractivity contribution is 9.10. The molecular weight excluding hydrogens is 304 g/mol. The first-order valence-corrected chi connectivity index (χ1v) is 11.4. The quantitative estimate of drug-likeness (QED) is 0.633. The summed E-state index contributed by atoms with van der Waals surface area (Å²) in [5, 5.41) is 0. The van der Waals surface area contributed by atoms with E-state index in [0.29, 0.717) is 0 Å². The molecule has 1 aromatic carbocycles. The number of hydrogen-bond donors (Lipinski definition) is 0. The van der Waals surface area contributed by atoms with Gasteiger partial charge in [-0.05, 0) is 78.0 Å². The minimum atomic E-state index is -0.826. The SMILES string of the molecule is Cc1c2c(c(C)c3c1SS(=O)S3)SSS2. The monoisotopic (exact) mass is 310 g/mol. The highest BCUT2D eigenvalue weighted by Crippen LogP contribution is 2.63. The Morgan fingerprint density at radius 1 is 0.867 bits per heavy atom. The molecule has 15 heavy (non-hydrogen) atoms. The second-order valence-electron chi connectivity index (χ2n) is 3.17. The first kappa shape index (κ1) is 11.2. The van der Waals surface area contributed by atoms with Crippen molar-refractivity contribution >= 4 is 61.9 Å². The molecule has 0 unspecified atom stereocenters. The van der Waals surface area contributed by atoms with E-state index in [1.54, 1.807) is 0 Å². The fraction of sp³-hybridized carbons (Fsp3) is 0.250. The van der Waals surface area contributed by atoms with Crippen LogP contribution in [0.3, 0.4) is 0 Å². The lowest BCUT2D eigenvalue weighted by Crippen LogP contribution is -1.89. The molecule has 0 N–H and O–H groups in total. The second-order valence-corrected chi connectivity index (χ2v) is 12.1. The number of rotatable bonds is 0. The Morgan fingerprint density at radius 2 is 1.33 bits per heavy atom. The van der Waals surface area contributed by atoms with Crippen molar-refractivity contribution in [2.75, 3.05) is 0 Å². The molecule has 0 saturated carbocycles. The van der Waals surface area contributed by atoms with Gasteiger partial charge in [-0.15, -0.1) is 0 Å². The van der Waals surface area contributed by atoms with Gasteiger partial charge >= 0.3 is 0 Å². The van der Waals surface area contributed by atoms with E-state index < -0.39 is 8.86 Å². The Hall–Kier alpha value is 1.12. The first-order chi connectivity index (χ1) is 7.18. The third kappa shape index (κ3) is 1.70. The predicted octanol–water partition coefficient (Wildman–Crippen LogP) is 4.84. The van der Waals surface area contributed by atoms with E-state index in [1.807, 2.05) is 31.4 Å². The Balaban J connectivity index is 2.31. The van der Waals surface area contributed by atoms with Crippen LogP contribution >= 0.6 is 53.0 Å². The van der Waals surface area contributed by atoms with Gasteiger partial charge in [-0.25, -0.2) is 4.21 Å². The molecule has 0 radical (unpaired) electrons. The lowest BCUT2D eigenvalue weighted by Gasteiger charge is -2.10. The van der Waals surface area contributed by atoms with Crippen molar-refractivity contribution in [2.24, 2.45) is 0 Å². The zero-order valence-corrected chi connectivity index (χ0v) is 12.8. The molecule has 2 aliphatic rings. The molecule has 2 heterocycles. The summed E-state index contributed by atoms with van der Waals surface area (Å²) in [4.78, 5) is 5.25. The Kier molecular flexibility index (Phi) is 3.07. The Labute approximate surface area is 110 Å². The molecule has 0 bridgehead atoms. The van der Waals surface area contributed by atoms with Crippen molar-refractivity contribution in [1.82, 2.24) is 0 Å². The zero-order valence-electron chi connectivity index (χ0n) is 7.86. The summed E-state index contributed by atoms with van der Waals surface area (Å²) >= 11 is 0. The van der Waals surface area contributed by atoms with Crippen LogP contribution < -0.4 is 0 Å². The molecule has 80 valence electrons. The minimum Gasteiger partial charge on any atom is -0.235 e. The van der Waals surface area contributed by atoms with Crippen LogP contribution in [0.5, 0.6) is 0 Å². The van der Waals surface area contributed by atoms with E-state index in [1.165, 1.54) is 52.3 Å². The molecule has 0 spiro atoms. The third-order valence-corrected chi connectivity index (χ3v) is 11.4. The van der Waals surface area contributed by atoms with E-state index in [4.69, 9.17) is 0 Å². The number of benzene rings is 1. The highest BCUT2D eigenvalue weighted by Gasteiger charge is 2.31. The van der Waals surface area contributed by atoms with Crippen molar-refractivity contribution < 1.29 is 4.21 Å². The van der Waals surface area contributed by atoms with Gasteiger partial charge in [0.05, 0.1) is 0 Å². The van der Waals surface area contributed by atoms with Gasteiger partial charge in [-0.1, -0.05) is 0 Å². The summed E-state index contributed by atoms with van der Waals surface area (Å²) in [5.74, 6) is 0. The summed E-state index contributed by atoms with van der Waals surface area (Å²) in [5.41, 5.74) is 2.63. The lowest BCUT2D eigenvalue weighted by molar-refractivity contribution is 0.699. The molecule has 3 rings (SSSR count). The largest absolute Gasteiger partial charge is 0.235 e. The van der Waals surface area contributed by atoms with Gasteiger partial charge in [-0.3, -0.25) is 0 Å². The van der Waals surface area contributed by atoms with E-state index in [2.05, 4.69) is 13.8 Å². The van der Waals surface area contributed by atoms with Crippen LogP contribution in [0.1, 0.15) is 11.1 Å². The summed E-state index contributed by atoms with van der Waals surface area (Å²) in [6.45, 7) is 4.29. The summed E-state index contributed by atoms with van der Waals surface area (Å²) < 4.78 is 11.6. The summed E-state index contributed by atoms with van der Waals surface area (Å²) in [6, 6.07) is 0. The summed E-state index contributed by atoms with van der Waals surface area (Å²) in [7, 11) is 7.67. The van der Waals surface area contributed by atoms with Gasteiger partial charge in [0.25, 0.3) is 0 Å². The van der Waals surface area contributed by atoms with Crippen LogP contribution in [-0.2, 0) is 8.86 Å². The Bertz CT molecular complexity index is 442. The fourth-order valence-corrected chi connectivity index (χ4v) is 12.1. The van der Waals surface area contributed by atoms with Gasteiger partial charge in [0, 0.05) is 19.6 Å². The van der Waals surface area contributed by atoms with Crippen molar-refractivity contribution in [3.05, 3.63) is 11.1 Å². The van der Waals surface area contributed by atoms with Gasteiger partial charge < -0.3 is 0 Å². The fourth-order valence-electron chi connectivity index (χ4n) is 1.53. The molecule has 1 nitrogen and oxygen atoms in total. The average molecular weight is 311 g/mol. The number of hydrogen-bond acceptors (Lipinski definition) is 6. The van der Waals surface area contributed by atoms with Crippen LogP contribution in [-0.4, -0.2) is 4.21 Å². The van der Waals surface area contributed by atoms with E-state index in [0.717, 1.165) is 0 Å². The maximum Gasteiger partial charge on any atom is 0.151 e. The molecule has 0 aromatic heterocycles. The van der Waals surface area contributed by atoms with Crippen molar-refractivity contribution in [3.8, 4) is 0 Å². The van der Waals surface area contributed by atoms with Crippen molar-refractivity contribution in [1.29, 1.82) is 0 Å². The highest BCUT2D eigenvalue weighted by atomic mass is 33.5. The standard InChI is InChI=1S/C8H6OS6/c1-3-5-6(11-14-10-5)4(2)8-7(3)12-15(9)13-8/h1-2H3. The van der Waals surface area contributed by atoms with E-state index >= 15 is 0 Å². The molecule has 1 aromatic rings. The summed E-state index contributed by atoms with van der Waals surface area (Å²) in [6.07, 6.45) is 0. The van der Waals surface area contributed by atoms with Crippen LogP contribution in [0, 0.1) is 13.8 Å². The smallest absolute Gasteiger partial charge is 0.151 e. The molecule has 0 amide bonds. The zero-order chi connectivity index (χ0) is 10.6. The molecule has 2 aliphatic heterocycles. The van der Waals surface area contributed by atoms with Gasteiger partial charge in [0.15, 0.2) is 8.86 Å². The van der Waals surface area contributed by atoms with Crippen molar-refractivity contribution in [2.45, 2.75) is 33.4 Å². The average Bonchev–Trinajstić information content (AvgIpc) is 2.79. The van der Waals surface area contributed by atoms with Gasteiger partial charge in [0.1, 0.15) is 0 Å². The molecule has 7 heteroatoms. The normalized spacial score (nSPS) is 19.3. The molecule has 0 saturated heterocycles. The molecular formula is C8H6OS6. The molecule has 0 fully saturated rings. The van der Waals surface area contributed by atoms with Gasteiger partial charge in [0.2, 0.25) is 0 Å². The third-order valence-electron chi connectivity index (χ3n) is 2.31. The first-order valence-electron chi connectivity index (χ1n) is 4.15. The maximum absolute atomic E-state index is 11.6. The van der Waals surface area contributed by atoms with Crippen LogP contribution in [0.2, 0.25) is 0 Å². The number of fused-ring (bicyclic) bond motifs is 2. The van der Waals surface area contributed by atoms with Crippen LogP contribution in [0.15, 0.2) is 19.6 Å². The lowest BCUT2D eigenvalue weighted by atomic mass is 10.1.